The summed E-state index contributed by atoms with van der Waals surface area (Å²) in [6, 6.07) is 26.1. The molecule has 0 spiro atoms. The Morgan fingerprint density at radius 2 is 1.19 bits per heavy atom. The fraction of sp³-hybridized carbons (Fsp3) is 0.0526. The van der Waals surface area contributed by atoms with Crippen LogP contribution >= 0.6 is 7.92 Å². The zero-order valence-electron chi connectivity index (χ0n) is 11.8. The second kappa shape index (κ2) is 6.20. The van der Waals surface area contributed by atoms with Crippen molar-refractivity contribution < 1.29 is 4.39 Å². The minimum atomic E-state index is -0.723. The minimum Gasteiger partial charge on any atom is -0.207 e. The first-order chi connectivity index (χ1) is 10.3. The average Bonchev–Trinajstić information content (AvgIpc) is 2.54. The number of halogens is 1. The van der Waals surface area contributed by atoms with Crippen LogP contribution in [0.15, 0.2) is 78.9 Å². The van der Waals surface area contributed by atoms with Crippen molar-refractivity contribution in [3.63, 3.8) is 0 Å². The molecule has 0 saturated carbocycles. The highest BCUT2D eigenvalue weighted by Crippen LogP contribution is 2.34. The summed E-state index contributed by atoms with van der Waals surface area (Å²) in [7, 11) is -0.723. The second-order valence-corrected chi connectivity index (χ2v) is 7.08. The molecule has 21 heavy (non-hydrogen) atoms. The van der Waals surface area contributed by atoms with E-state index >= 15 is 0 Å². The topological polar surface area (TPSA) is 0 Å². The minimum absolute atomic E-state index is 0.133. The van der Waals surface area contributed by atoms with Crippen LogP contribution in [-0.2, 0) is 0 Å². The van der Waals surface area contributed by atoms with Gasteiger partial charge in [-0.15, -0.1) is 0 Å². The molecule has 0 saturated heterocycles. The SMILES string of the molecule is Cc1c(F)cccc1P(c1ccccc1)c1ccccc1. The summed E-state index contributed by atoms with van der Waals surface area (Å²) in [5.74, 6) is -0.133. The lowest BCUT2D eigenvalue weighted by Crippen LogP contribution is -2.22. The molecule has 0 aliphatic carbocycles. The van der Waals surface area contributed by atoms with Gasteiger partial charge in [0.2, 0.25) is 0 Å². The molecule has 104 valence electrons. The second-order valence-electron chi connectivity index (χ2n) is 4.89. The van der Waals surface area contributed by atoms with Crippen LogP contribution in [-0.4, -0.2) is 0 Å². The molecule has 3 aromatic carbocycles. The van der Waals surface area contributed by atoms with E-state index in [0.29, 0.717) is 0 Å². The van der Waals surface area contributed by atoms with Gasteiger partial charge in [0.05, 0.1) is 0 Å². The van der Waals surface area contributed by atoms with Gasteiger partial charge in [0.1, 0.15) is 5.82 Å². The summed E-state index contributed by atoms with van der Waals surface area (Å²) in [6.07, 6.45) is 0. The average molecular weight is 294 g/mol. The van der Waals surface area contributed by atoms with Gasteiger partial charge in [-0.05, 0) is 42.4 Å². The molecule has 0 bridgehead atoms. The number of rotatable bonds is 3. The maximum atomic E-state index is 14.0. The third-order valence-electron chi connectivity index (χ3n) is 3.51. The summed E-state index contributed by atoms with van der Waals surface area (Å²) in [5.41, 5.74) is 0.747. The van der Waals surface area contributed by atoms with Crippen molar-refractivity contribution in [2.75, 3.05) is 0 Å². The maximum Gasteiger partial charge on any atom is 0.126 e. The van der Waals surface area contributed by atoms with Gasteiger partial charge in [0, 0.05) is 0 Å². The molecule has 0 aliphatic heterocycles. The molecule has 0 heterocycles. The van der Waals surface area contributed by atoms with Crippen LogP contribution in [0.2, 0.25) is 0 Å². The maximum absolute atomic E-state index is 14.0. The van der Waals surface area contributed by atoms with E-state index in [4.69, 9.17) is 0 Å². The number of hydrogen-bond donors (Lipinski definition) is 0. The van der Waals surface area contributed by atoms with Gasteiger partial charge in [0.25, 0.3) is 0 Å². The van der Waals surface area contributed by atoms with Gasteiger partial charge in [-0.25, -0.2) is 4.39 Å². The van der Waals surface area contributed by atoms with Crippen molar-refractivity contribution in [2.24, 2.45) is 0 Å². The fourth-order valence-electron chi connectivity index (χ4n) is 2.42. The summed E-state index contributed by atoms with van der Waals surface area (Å²) in [6.45, 7) is 1.87. The zero-order chi connectivity index (χ0) is 14.7. The van der Waals surface area contributed by atoms with Gasteiger partial charge in [0.15, 0.2) is 0 Å². The van der Waals surface area contributed by atoms with Crippen LogP contribution in [0.1, 0.15) is 5.56 Å². The Bertz CT molecular complexity index is 684. The smallest absolute Gasteiger partial charge is 0.126 e. The van der Waals surface area contributed by atoms with E-state index in [9.17, 15) is 4.39 Å². The molecule has 0 radical (unpaired) electrons. The van der Waals surface area contributed by atoms with E-state index in [-0.39, 0.29) is 5.82 Å². The molecule has 0 N–H and O–H groups in total. The van der Waals surface area contributed by atoms with Crippen LogP contribution < -0.4 is 15.9 Å². The molecule has 0 unspecified atom stereocenters. The van der Waals surface area contributed by atoms with Crippen molar-refractivity contribution >= 4 is 23.8 Å². The van der Waals surface area contributed by atoms with E-state index in [1.54, 1.807) is 6.07 Å². The molecular weight excluding hydrogens is 278 g/mol. The summed E-state index contributed by atoms with van der Waals surface area (Å²) >= 11 is 0. The quantitative estimate of drug-likeness (QED) is 0.643. The molecule has 3 aromatic rings. The zero-order valence-corrected chi connectivity index (χ0v) is 12.7. The number of hydrogen-bond acceptors (Lipinski definition) is 0. The first-order valence-electron chi connectivity index (χ1n) is 6.93. The molecule has 0 aliphatic rings. The molecule has 0 aromatic heterocycles. The lowest BCUT2D eigenvalue weighted by molar-refractivity contribution is 0.620. The van der Waals surface area contributed by atoms with Crippen molar-refractivity contribution in [1.29, 1.82) is 0 Å². The first-order valence-corrected chi connectivity index (χ1v) is 8.27. The first kappa shape index (κ1) is 14.0. The van der Waals surface area contributed by atoms with Crippen LogP contribution in [0.4, 0.5) is 4.39 Å². The van der Waals surface area contributed by atoms with Crippen molar-refractivity contribution in [1.82, 2.24) is 0 Å². The Morgan fingerprint density at radius 1 is 0.667 bits per heavy atom. The molecule has 3 rings (SSSR count). The van der Waals surface area contributed by atoms with Gasteiger partial charge < -0.3 is 0 Å². The van der Waals surface area contributed by atoms with E-state index in [1.165, 1.54) is 16.7 Å². The standard InChI is InChI=1S/C19H16FP/c1-15-18(20)13-8-14-19(15)21(16-9-4-2-5-10-16)17-11-6-3-7-12-17/h2-14H,1H3. The Labute approximate surface area is 126 Å². The van der Waals surface area contributed by atoms with E-state index in [1.807, 2.05) is 49.4 Å². The molecular formula is C19H16FP. The van der Waals surface area contributed by atoms with Crippen LogP contribution in [0, 0.1) is 12.7 Å². The summed E-state index contributed by atoms with van der Waals surface area (Å²) in [4.78, 5) is 0. The third kappa shape index (κ3) is 2.89. The highest BCUT2D eigenvalue weighted by molar-refractivity contribution is 7.79. The van der Waals surface area contributed by atoms with Crippen molar-refractivity contribution in [2.45, 2.75) is 6.92 Å². The molecule has 0 atom stereocenters. The summed E-state index contributed by atoms with van der Waals surface area (Å²) < 4.78 is 14.0. The molecule has 0 fully saturated rings. The van der Waals surface area contributed by atoms with Crippen LogP contribution in [0.3, 0.4) is 0 Å². The Morgan fingerprint density at radius 3 is 1.71 bits per heavy atom. The van der Waals surface area contributed by atoms with Crippen molar-refractivity contribution in [3.05, 3.63) is 90.2 Å². The van der Waals surface area contributed by atoms with Crippen LogP contribution in [0.5, 0.6) is 0 Å². The normalized spacial score (nSPS) is 10.8. The predicted molar refractivity (Wildman–Crippen MR) is 89.8 cm³/mol. The van der Waals surface area contributed by atoms with Gasteiger partial charge >= 0.3 is 0 Å². The fourth-order valence-corrected chi connectivity index (χ4v) is 4.89. The van der Waals surface area contributed by atoms with Gasteiger partial charge in [-0.3, -0.25) is 0 Å². The van der Waals surface area contributed by atoms with E-state index in [0.717, 1.165) is 10.9 Å². The summed E-state index contributed by atoms with van der Waals surface area (Å²) in [5, 5.41) is 3.57. The van der Waals surface area contributed by atoms with E-state index < -0.39 is 7.92 Å². The predicted octanol–water partition coefficient (Wildman–Crippen LogP) is 3.89. The molecule has 0 nitrogen and oxygen atoms in total. The largest absolute Gasteiger partial charge is 0.207 e. The Hall–Kier alpha value is -1.98. The van der Waals surface area contributed by atoms with Gasteiger partial charge in [-0.2, -0.15) is 0 Å². The van der Waals surface area contributed by atoms with Crippen molar-refractivity contribution in [3.8, 4) is 0 Å². The van der Waals surface area contributed by atoms with Crippen LogP contribution in [0.25, 0.3) is 0 Å². The molecule has 2 heteroatoms. The Kier molecular flexibility index (Phi) is 4.13. The lowest BCUT2D eigenvalue weighted by atomic mass is 10.2. The number of benzene rings is 3. The third-order valence-corrected chi connectivity index (χ3v) is 6.10. The van der Waals surface area contributed by atoms with Gasteiger partial charge in [-0.1, -0.05) is 72.8 Å². The highest BCUT2D eigenvalue weighted by Gasteiger charge is 2.19. The lowest BCUT2D eigenvalue weighted by Gasteiger charge is -2.21. The highest BCUT2D eigenvalue weighted by atomic mass is 31.1. The monoisotopic (exact) mass is 294 g/mol. The molecule has 0 amide bonds. The Balaban J connectivity index is 2.20. The van der Waals surface area contributed by atoms with E-state index in [2.05, 4.69) is 24.3 Å².